The molecule has 2 amide bonds. The molecule has 10 heteroatoms. The van der Waals surface area contributed by atoms with Crippen LogP contribution in [0.2, 0.25) is 0 Å². The monoisotopic (exact) mass is 365 g/mol. The first-order chi connectivity index (χ1) is 11.5. The lowest BCUT2D eigenvalue weighted by atomic mass is 10.1. The van der Waals surface area contributed by atoms with Crippen molar-refractivity contribution in [3.8, 4) is 5.75 Å². The Labute approximate surface area is 143 Å². The lowest BCUT2D eigenvalue weighted by Crippen LogP contribution is -2.54. The standard InChI is InChI=1S/C13H16F3N3O4.C2H6/c1-4-19(11(22)18-12(2,3)10(20)21)23-8-5-6-17-9(7-8)13(14,15)16;1-2/h5-7H,4H2,1-3H3,(H,18,22)(H,20,21);1-2H3. The van der Waals surface area contributed by atoms with Gasteiger partial charge >= 0.3 is 18.2 Å². The summed E-state index contributed by atoms with van der Waals surface area (Å²) in [6.45, 7) is 8.01. The van der Waals surface area contributed by atoms with Gasteiger partial charge in [-0.15, -0.1) is 0 Å². The molecule has 0 radical (unpaired) electrons. The number of carboxylic acids is 1. The number of alkyl halides is 3. The smallest absolute Gasteiger partial charge is 0.433 e. The predicted octanol–water partition coefficient (Wildman–Crippen LogP) is 3.32. The van der Waals surface area contributed by atoms with Crippen LogP contribution >= 0.6 is 0 Å². The molecule has 0 bridgehead atoms. The Balaban J connectivity index is 0.00000277. The SMILES string of the molecule is CC.CCN(Oc1ccnc(C(F)(F)F)c1)C(=O)NC(C)(C)C(=O)O. The molecule has 0 aliphatic heterocycles. The van der Waals surface area contributed by atoms with Crippen molar-refractivity contribution in [3.63, 3.8) is 0 Å². The number of carbonyl (C=O) groups excluding carboxylic acids is 1. The summed E-state index contributed by atoms with van der Waals surface area (Å²) in [6.07, 6.45) is -3.75. The number of carboxylic acid groups (broad SMARTS) is 1. The Morgan fingerprint density at radius 1 is 1.32 bits per heavy atom. The van der Waals surface area contributed by atoms with Crippen LogP contribution in [0.15, 0.2) is 18.3 Å². The third-order valence-electron chi connectivity index (χ3n) is 2.71. The first-order valence-electron chi connectivity index (χ1n) is 7.51. The van der Waals surface area contributed by atoms with E-state index in [9.17, 15) is 22.8 Å². The third kappa shape index (κ3) is 6.86. The summed E-state index contributed by atoms with van der Waals surface area (Å²) in [6, 6.07) is 0.886. The number of nitrogens with one attached hydrogen (secondary N) is 1. The molecular weight excluding hydrogens is 343 g/mol. The van der Waals surface area contributed by atoms with Crippen molar-refractivity contribution in [1.29, 1.82) is 0 Å². The maximum Gasteiger partial charge on any atom is 0.433 e. The fraction of sp³-hybridized carbons (Fsp3) is 0.533. The molecule has 25 heavy (non-hydrogen) atoms. The second-order valence-electron chi connectivity index (χ2n) is 5.02. The summed E-state index contributed by atoms with van der Waals surface area (Å²) in [5.41, 5.74) is -2.74. The van der Waals surface area contributed by atoms with Gasteiger partial charge in [-0.25, -0.2) is 9.59 Å². The average molecular weight is 365 g/mol. The highest BCUT2D eigenvalue weighted by Gasteiger charge is 2.34. The Kier molecular flexibility index (Phi) is 8.17. The summed E-state index contributed by atoms with van der Waals surface area (Å²) >= 11 is 0. The quantitative estimate of drug-likeness (QED) is 0.781. The highest BCUT2D eigenvalue weighted by atomic mass is 19.4. The van der Waals surface area contributed by atoms with Crippen molar-refractivity contribution >= 4 is 12.0 Å². The summed E-state index contributed by atoms with van der Waals surface area (Å²) in [4.78, 5) is 31.2. The molecule has 2 N–H and O–H groups in total. The van der Waals surface area contributed by atoms with Crippen molar-refractivity contribution in [3.05, 3.63) is 24.0 Å². The maximum absolute atomic E-state index is 12.6. The van der Waals surface area contributed by atoms with Crippen molar-refractivity contribution < 1.29 is 32.7 Å². The summed E-state index contributed by atoms with van der Waals surface area (Å²) < 4.78 is 37.7. The number of nitrogens with zero attached hydrogens (tertiary/aromatic N) is 2. The van der Waals surface area contributed by atoms with Crippen LogP contribution in [-0.4, -0.2) is 39.2 Å². The zero-order valence-electron chi connectivity index (χ0n) is 14.6. The minimum absolute atomic E-state index is 0.0226. The van der Waals surface area contributed by atoms with E-state index in [0.717, 1.165) is 12.3 Å². The van der Waals surface area contributed by atoms with Crippen LogP contribution in [0.5, 0.6) is 5.75 Å². The molecule has 0 aromatic carbocycles. The van der Waals surface area contributed by atoms with Gasteiger partial charge in [0, 0.05) is 18.3 Å². The molecule has 1 heterocycles. The molecule has 0 unspecified atom stereocenters. The highest BCUT2D eigenvalue weighted by molar-refractivity contribution is 5.85. The van der Waals surface area contributed by atoms with Gasteiger partial charge in [-0.3, -0.25) is 4.98 Å². The zero-order chi connectivity index (χ0) is 19.8. The van der Waals surface area contributed by atoms with E-state index in [1.165, 1.54) is 20.8 Å². The van der Waals surface area contributed by atoms with Gasteiger partial charge in [0.1, 0.15) is 11.2 Å². The Bertz CT molecular complexity index is 592. The summed E-state index contributed by atoms with van der Waals surface area (Å²) in [5, 5.41) is 11.9. The van der Waals surface area contributed by atoms with Gasteiger partial charge in [-0.1, -0.05) is 13.8 Å². The van der Waals surface area contributed by atoms with Gasteiger partial charge < -0.3 is 15.3 Å². The van der Waals surface area contributed by atoms with Crippen molar-refractivity contribution in [1.82, 2.24) is 15.4 Å². The Hall–Kier alpha value is -2.52. The number of rotatable bonds is 5. The van der Waals surface area contributed by atoms with Gasteiger partial charge in [0.15, 0.2) is 5.75 Å². The highest BCUT2D eigenvalue weighted by Crippen LogP contribution is 2.29. The maximum atomic E-state index is 12.6. The molecule has 0 saturated heterocycles. The second kappa shape index (κ2) is 9.09. The van der Waals surface area contributed by atoms with Crippen LogP contribution in [0.3, 0.4) is 0 Å². The van der Waals surface area contributed by atoms with E-state index in [4.69, 9.17) is 9.94 Å². The number of hydrogen-bond acceptors (Lipinski definition) is 4. The number of hydrogen-bond donors (Lipinski definition) is 2. The summed E-state index contributed by atoms with van der Waals surface area (Å²) in [7, 11) is 0. The van der Waals surface area contributed by atoms with Crippen molar-refractivity contribution in [2.45, 2.75) is 46.3 Å². The molecule has 1 aromatic rings. The van der Waals surface area contributed by atoms with Crippen molar-refractivity contribution in [2.75, 3.05) is 6.54 Å². The number of hydroxylamine groups is 2. The first-order valence-corrected chi connectivity index (χ1v) is 7.51. The second-order valence-corrected chi connectivity index (χ2v) is 5.02. The molecule has 0 spiro atoms. The molecule has 1 aromatic heterocycles. The predicted molar refractivity (Wildman–Crippen MR) is 83.8 cm³/mol. The Morgan fingerprint density at radius 3 is 2.32 bits per heavy atom. The topological polar surface area (TPSA) is 91.8 Å². The van der Waals surface area contributed by atoms with E-state index in [2.05, 4.69) is 10.3 Å². The van der Waals surface area contributed by atoms with E-state index in [-0.39, 0.29) is 12.3 Å². The number of pyridine rings is 1. The lowest BCUT2D eigenvalue weighted by molar-refractivity contribution is -0.143. The number of halogens is 3. The fourth-order valence-corrected chi connectivity index (χ4v) is 1.38. The molecular formula is C15H22F3N3O4. The van der Waals surface area contributed by atoms with Crippen LogP contribution < -0.4 is 10.2 Å². The molecule has 0 aliphatic rings. The summed E-state index contributed by atoms with van der Waals surface area (Å²) in [5.74, 6) is -1.53. The molecule has 0 saturated carbocycles. The van der Waals surface area contributed by atoms with E-state index < -0.39 is 29.4 Å². The third-order valence-corrected chi connectivity index (χ3v) is 2.71. The lowest BCUT2D eigenvalue weighted by Gasteiger charge is -2.27. The van der Waals surface area contributed by atoms with Crippen LogP contribution in [0.1, 0.15) is 40.3 Å². The van der Waals surface area contributed by atoms with Gasteiger partial charge in [-0.2, -0.15) is 18.2 Å². The van der Waals surface area contributed by atoms with E-state index >= 15 is 0 Å². The van der Waals surface area contributed by atoms with Gasteiger partial charge in [0.2, 0.25) is 0 Å². The average Bonchev–Trinajstić information content (AvgIpc) is 2.53. The molecule has 0 fully saturated rings. The minimum Gasteiger partial charge on any atom is -0.480 e. The molecule has 142 valence electrons. The number of amides is 2. The van der Waals surface area contributed by atoms with Gasteiger partial charge in [0.05, 0.1) is 6.54 Å². The van der Waals surface area contributed by atoms with E-state index in [0.29, 0.717) is 11.1 Å². The van der Waals surface area contributed by atoms with E-state index in [1.807, 2.05) is 13.8 Å². The van der Waals surface area contributed by atoms with Crippen LogP contribution in [-0.2, 0) is 11.0 Å². The number of urea groups is 1. The first kappa shape index (κ1) is 22.5. The Morgan fingerprint density at radius 2 is 1.88 bits per heavy atom. The zero-order valence-corrected chi connectivity index (χ0v) is 14.6. The number of aromatic nitrogens is 1. The van der Waals surface area contributed by atoms with Gasteiger partial charge in [0.25, 0.3) is 0 Å². The number of aliphatic carboxylic acids is 1. The molecule has 1 rings (SSSR count). The largest absolute Gasteiger partial charge is 0.480 e. The minimum atomic E-state index is -4.65. The normalized spacial score (nSPS) is 11.0. The number of carbonyl (C=O) groups is 2. The van der Waals surface area contributed by atoms with Gasteiger partial charge in [-0.05, 0) is 20.8 Å². The van der Waals surface area contributed by atoms with Crippen molar-refractivity contribution in [2.24, 2.45) is 0 Å². The van der Waals surface area contributed by atoms with Crippen LogP contribution in [0.4, 0.5) is 18.0 Å². The molecule has 7 nitrogen and oxygen atoms in total. The van der Waals surface area contributed by atoms with Crippen LogP contribution in [0.25, 0.3) is 0 Å². The van der Waals surface area contributed by atoms with Crippen LogP contribution in [0, 0.1) is 0 Å². The van der Waals surface area contributed by atoms with E-state index in [1.54, 1.807) is 0 Å². The molecule has 0 aliphatic carbocycles. The molecule has 0 atom stereocenters. The fourth-order valence-electron chi connectivity index (χ4n) is 1.38.